The highest BCUT2D eigenvalue weighted by molar-refractivity contribution is 7.80. The Labute approximate surface area is 150 Å². The minimum atomic E-state index is 0.369. The van der Waals surface area contributed by atoms with Crippen molar-refractivity contribution >= 4 is 23.0 Å². The maximum Gasteiger partial charge on any atom is 0.170 e. The fourth-order valence-electron chi connectivity index (χ4n) is 2.28. The molecule has 24 heavy (non-hydrogen) atoms. The van der Waals surface area contributed by atoms with Gasteiger partial charge in [-0.3, -0.25) is 0 Å². The van der Waals surface area contributed by atoms with Gasteiger partial charge in [0.25, 0.3) is 0 Å². The number of rotatable bonds is 7. The molecule has 2 rings (SSSR count). The summed E-state index contributed by atoms with van der Waals surface area (Å²) in [6.45, 7) is 6.64. The molecule has 2 N–H and O–H groups in total. The van der Waals surface area contributed by atoms with Crippen LogP contribution in [0, 0.1) is 5.92 Å². The van der Waals surface area contributed by atoms with Crippen LogP contribution in [0.5, 0.6) is 11.5 Å². The summed E-state index contributed by atoms with van der Waals surface area (Å²) in [6, 6.07) is 17.9. The standard InChI is InChI=1S/C20H26N2OS/c1-15(2)9-10-16(3)21-20(24)22-17-11-13-19(14-12-17)23-18-7-5-4-6-8-18/h4-8,11-16H,9-10H2,1-3H3,(H2,21,22,24). The smallest absolute Gasteiger partial charge is 0.170 e. The molecule has 2 aromatic carbocycles. The van der Waals surface area contributed by atoms with E-state index in [0.717, 1.165) is 23.6 Å². The second-order valence-corrected chi connectivity index (χ2v) is 6.82. The topological polar surface area (TPSA) is 33.3 Å². The minimum absolute atomic E-state index is 0.369. The van der Waals surface area contributed by atoms with Gasteiger partial charge in [-0.25, -0.2) is 0 Å². The lowest BCUT2D eigenvalue weighted by atomic mass is 10.0. The maximum atomic E-state index is 5.78. The second kappa shape index (κ2) is 9.28. The lowest BCUT2D eigenvalue weighted by Gasteiger charge is -2.18. The van der Waals surface area contributed by atoms with Gasteiger partial charge in [-0.2, -0.15) is 0 Å². The maximum absolute atomic E-state index is 5.78. The zero-order valence-corrected chi connectivity index (χ0v) is 15.4. The van der Waals surface area contributed by atoms with Gasteiger partial charge in [0.05, 0.1) is 0 Å². The van der Waals surface area contributed by atoms with Crippen molar-refractivity contribution in [2.45, 2.75) is 39.7 Å². The van der Waals surface area contributed by atoms with E-state index in [-0.39, 0.29) is 0 Å². The average Bonchev–Trinajstić information content (AvgIpc) is 2.56. The first-order valence-corrected chi connectivity index (χ1v) is 8.84. The number of thiocarbonyl (C=S) groups is 1. The van der Waals surface area contributed by atoms with Crippen LogP contribution in [-0.2, 0) is 0 Å². The van der Waals surface area contributed by atoms with E-state index in [2.05, 4.69) is 31.4 Å². The third kappa shape index (κ3) is 6.59. The molecule has 1 atom stereocenters. The molecule has 128 valence electrons. The molecule has 0 spiro atoms. The Morgan fingerprint density at radius 3 is 2.17 bits per heavy atom. The predicted molar refractivity (Wildman–Crippen MR) is 106 cm³/mol. The highest BCUT2D eigenvalue weighted by atomic mass is 32.1. The minimum Gasteiger partial charge on any atom is -0.457 e. The van der Waals surface area contributed by atoms with E-state index in [1.807, 2.05) is 54.6 Å². The van der Waals surface area contributed by atoms with Crippen LogP contribution in [0.2, 0.25) is 0 Å². The van der Waals surface area contributed by atoms with E-state index < -0.39 is 0 Å². The first kappa shape index (κ1) is 18.3. The fourth-order valence-corrected chi connectivity index (χ4v) is 2.60. The molecule has 4 heteroatoms. The van der Waals surface area contributed by atoms with Crippen molar-refractivity contribution in [3.8, 4) is 11.5 Å². The molecule has 0 bridgehead atoms. The van der Waals surface area contributed by atoms with E-state index in [9.17, 15) is 0 Å². The summed E-state index contributed by atoms with van der Waals surface area (Å²) in [7, 11) is 0. The number of ether oxygens (including phenoxy) is 1. The molecule has 0 aliphatic heterocycles. The number of benzene rings is 2. The van der Waals surface area contributed by atoms with Gasteiger partial charge in [-0.1, -0.05) is 32.0 Å². The summed E-state index contributed by atoms with van der Waals surface area (Å²) in [4.78, 5) is 0. The summed E-state index contributed by atoms with van der Waals surface area (Å²) < 4.78 is 5.78. The van der Waals surface area contributed by atoms with Crippen molar-refractivity contribution in [3.63, 3.8) is 0 Å². The number of hydrogen-bond acceptors (Lipinski definition) is 2. The third-order valence-electron chi connectivity index (χ3n) is 3.65. The number of anilines is 1. The van der Waals surface area contributed by atoms with Crippen molar-refractivity contribution in [1.29, 1.82) is 0 Å². The van der Waals surface area contributed by atoms with Gasteiger partial charge < -0.3 is 15.4 Å². The summed E-state index contributed by atoms with van der Waals surface area (Å²) >= 11 is 5.38. The van der Waals surface area contributed by atoms with Crippen LogP contribution in [0.1, 0.15) is 33.6 Å². The predicted octanol–water partition coefficient (Wildman–Crippen LogP) is 5.59. The quantitative estimate of drug-likeness (QED) is 0.643. The molecule has 0 radical (unpaired) electrons. The van der Waals surface area contributed by atoms with E-state index >= 15 is 0 Å². The molecule has 0 aliphatic carbocycles. The Morgan fingerprint density at radius 2 is 1.54 bits per heavy atom. The van der Waals surface area contributed by atoms with Crippen molar-refractivity contribution in [3.05, 3.63) is 54.6 Å². The summed E-state index contributed by atoms with van der Waals surface area (Å²) in [5.41, 5.74) is 0.948. The molecule has 0 aliphatic rings. The summed E-state index contributed by atoms with van der Waals surface area (Å²) in [5.74, 6) is 2.35. The van der Waals surface area contributed by atoms with Crippen molar-refractivity contribution in [2.24, 2.45) is 5.92 Å². The van der Waals surface area contributed by atoms with Gasteiger partial charge in [0.1, 0.15) is 11.5 Å². The molecular formula is C20H26N2OS. The van der Waals surface area contributed by atoms with Gasteiger partial charge in [-0.05, 0) is 74.3 Å². The van der Waals surface area contributed by atoms with Gasteiger partial charge in [0.2, 0.25) is 0 Å². The van der Waals surface area contributed by atoms with Crippen molar-refractivity contribution in [2.75, 3.05) is 5.32 Å². The van der Waals surface area contributed by atoms with Crippen LogP contribution in [0.15, 0.2) is 54.6 Å². The molecule has 0 aromatic heterocycles. The Kier molecular flexibility index (Phi) is 7.07. The second-order valence-electron chi connectivity index (χ2n) is 6.41. The molecule has 3 nitrogen and oxygen atoms in total. The Bertz CT molecular complexity index is 626. The molecule has 0 saturated heterocycles. The molecule has 0 fully saturated rings. The van der Waals surface area contributed by atoms with Gasteiger partial charge in [-0.15, -0.1) is 0 Å². The van der Waals surface area contributed by atoms with Crippen LogP contribution in [-0.4, -0.2) is 11.2 Å². The number of para-hydroxylation sites is 1. The molecule has 0 heterocycles. The molecular weight excluding hydrogens is 316 g/mol. The van der Waals surface area contributed by atoms with E-state index in [1.54, 1.807) is 0 Å². The third-order valence-corrected chi connectivity index (χ3v) is 3.87. The van der Waals surface area contributed by atoms with Crippen LogP contribution in [0.25, 0.3) is 0 Å². The zero-order valence-electron chi connectivity index (χ0n) is 14.6. The van der Waals surface area contributed by atoms with E-state index in [0.29, 0.717) is 17.1 Å². The van der Waals surface area contributed by atoms with Crippen LogP contribution < -0.4 is 15.4 Å². The summed E-state index contributed by atoms with van der Waals surface area (Å²) in [6.07, 6.45) is 2.31. The Morgan fingerprint density at radius 1 is 0.917 bits per heavy atom. The first-order valence-electron chi connectivity index (χ1n) is 8.43. The lowest BCUT2D eigenvalue weighted by Crippen LogP contribution is -2.36. The van der Waals surface area contributed by atoms with E-state index in [4.69, 9.17) is 17.0 Å². The molecule has 0 saturated carbocycles. The summed E-state index contributed by atoms with van der Waals surface area (Å²) in [5, 5.41) is 7.20. The normalized spacial score (nSPS) is 11.8. The number of hydrogen-bond donors (Lipinski definition) is 2. The van der Waals surface area contributed by atoms with Crippen molar-refractivity contribution < 1.29 is 4.74 Å². The van der Waals surface area contributed by atoms with Gasteiger partial charge in [0, 0.05) is 11.7 Å². The zero-order chi connectivity index (χ0) is 17.4. The Balaban J connectivity index is 1.81. The fraction of sp³-hybridized carbons (Fsp3) is 0.350. The van der Waals surface area contributed by atoms with Gasteiger partial charge in [0.15, 0.2) is 5.11 Å². The Hall–Kier alpha value is -2.07. The van der Waals surface area contributed by atoms with E-state index in [1.165, 1.54) is 6.42 Å². The van der Waals surface area contributed by atoms with Crippen LogP contribution >= 0.6 is 12.2 Å². The largest absolute Gasteiger partial charge is 0.457 e. The van der Waals surface area contributed by atoms with Gasteiger partial charge >= 0.3 is 0 Å². The number of nitrogens with one attached hydrogen (secondary N) is 2. The van der Waals surface area contributed by atoms with Crippen LogP contribution in [0.3, 0.4) is 0 Å². The molecule has 0 amide bonds. The lowest BCUT2D eigenvalue weighted by molar-refractivity contribution is 0.483. The average molecular weight is 343 g/mol. The SMILES string of the molecule is CC(C)CCC(C)NC(=S)Nc1ccc(Oc2ccccc2)cc1. The van der Waals surface area contributed by atoms with Crippen molar-refractivity contribution in [1.82, 2.24) is 5.32 Å². The highest BCUT2D eigenvalue weighted by Crippen LogP contribution is 2.22. The molecule has 2 aromatic rings. The first-order chi connectivity index (χ1) is 11.5. The molecule has 1 unspecified atom stereocenters. The van der Waals surface area contributed by atoms with Crippen LogP contribution in [0.4, 0.5) is 5.69 Å². The highest BCUT2D eigenvalue weighted by Gasteiger charge is 2.06. The monoisotopic (exact) mass is 342 g/mol.